The lowest BCUT2D eigenvalue weighted by Crippen LogP contribution is -2.88. The molecule has 0 nitrogen and oxygen atoms in total. The molecule has 0 radical (unpaired) electrons. The molecule has 4 atom stereocenters. The van der Waals surface area contributed by atoms with Crippen LogP contribution in [-0.4, -0.2) is 0 Å². The molecule has 0 saturated heterocycles. The zero-order valence-electron chi connectivity index (χ0n) is 7.48. The van der Waals surface area contributed by atoms with Crippen molar-refractivity contribution in [3.63, 3.8) is 0 Å². The highest BCUT2D eigenvalue weighted by Crippen LogP contribution is 2.97. The van der Waals surface area contributed by atoms with Gasteiger partial charge < -0.3 is 0 Å². The molecule has 0 bridgehead atoms. The molecule has 0 aromatic heterocycles. The molecule has 0 aromatic carbocycles. The summed E-state index contributed by atoms with van der Waals surface area (Å²) in [6, 6.07) is 0. The fourth-order valence-corrected chi connectivity index (χ4v) is 6.43. The summed E-state index contributed by atoms with van der Waals surface area (Å²) in [5.41, 5.74) is 2.61. The van der Waals surface area contributed by atoms with Crippen molar-refractivity contribution in [2.24, 2.45) is 28.1 Å². The predicted molar refractivity (Wildman–Crippen MR) is 44.1 cm³/mol. The second kappa shape index (κ2) is 1.03. The molecular weight excluding hydrogens is 132 g/mol. The van der Waals surface area contributed by atoms with Crippen molar-refractivity contribution in [3.05, 3.63) is 0 Å². The zero-order chi connectivity index (χ0) is 7.48. The van der Waals surface area contributed by atoms with Gasteiger partial charge in [-0.3, -0.25) is 0 Å². The Hall–Kier alpha value is 0. The Balaban J connectivity index is 1.89. The minimum Gasteiger partial charge on any atom is -0.0590 e. The summed E-state index contributed by atoms with van der Waals surface area (Å²) in [6.45, 7) is 5.10. The van der Waals surface area contributed by atoms with Crippen molar-refractivity contribution >= 4 is 0 Å². The van der Waals surface area contributed by atoms with Gasteiger partial charge in [0.05, 0.1) is 0 Å². The van der Waals surface area contributed by atoms with Crippen molar-refractivity contribution in [1.82, 2.24) is 0 Å². The molecule has 4 rings (SSSR count). The maximum absolute atomic E-state index is 2.55. The van der Waals surface area contributed by atoms with Crippen LogP contribution in [0.15, 0.2) is 0 Å². The highest BCUT2D eigenvalue weighted by Gasteiger charge is 2.90. The molecule has 0 amide bonds. The fourth-order valence-electron chi connectivity index (χ4n) is 6.43. The number of rotatable bonds is 0. The minimum atomic E-state index is 0.841. The molecule has 4 unspecified atom stereocenters. The Morgan fingerprint density at radius 1 is 1.00 bits per heavy atom. The molecule has 0 heteroatoms. The summed E-state index contributed by atoms with van der Waals surface area (Å²) in [6.07, 6.45) is 6.33. The summed E-state index contributed by atoms with van der Waals surface area (Å²) >= 11 is 0. The van der Waals surface area contributed by atoms with Crippen molar-refractivity contribution in [2.75, 3.05) is 0 Å². The normalized spacial score (nSPS) is 81.3. The molecule has 0 aromatic rings. The first kappa shape index (κ1) is 5.61. The lowest BCUT2D eigenvalue weighted by atomic mass is 9.09. The van der Waals surface area contributed by atoms with Crippen LogP contribution in [0.2, 0.25) is 0 Å². The van der Waals surface area contributed by atoms with Crippen LogP contribution in [0, 0.1) is 28.1 Å². The molecule has 1 spiro atoms. The van der Waals surface area contributed by atoms with E-state index >= 15 is 0 Å². The van der Waals surface area contributed by atoms with Crippen molar-refractivity contribution in [3.8, 4) is 0 Å². The van der Waals surface area contributed by atoms with Crippen LogP contribution in [0.5, 0.6) is 0 Å². The van der Waals surface area contributed by atoms with Crippen molar-refractivity contribution in [2.45, 2.75) is 39.5 Å². The highest BCUT2D eigenvalue weighted by atomic mass is 14.9. The molecular formula is C11H16. The van der Waals surface area contributed by atoms with E-state index in [1.807, 2.05) is 0 Å². The van der Waals surface area contributed by atoms with Crippen LogP contribution >= 0.6 is 0 Å². The Bertz CT molecular complexity index is 241. The van der Waals surface area contributed by atoms with E-state index in [1.165, 1.54) is 11.8 Å². The van der Waals surface area contributed by atoms with Gasteiger partial charge in [-0.1, -0.05) is 13.8 Å². The third-order valence-electron chi connectivity index (χ3n) is 6.03. The molecule has 60 valence electrons. The zero-order valence-corrected chi connectivity index (χ0v) is 7.48. The van der Waals surface area contributed by atoms with E-state index < -0.39 is 0 Å². The highest BCUT2D eigenvalue weighted by molar-refractivity contribution is 5.38. The first-order valence-corrected chi connectivity index (χ1v) is 5.12. The van der Waals surface area contributed by atoms with Gasteiger partial charge in [-0.25, -0.2) is 0 Å². The molecule has 4 aliphatic carbocycles. The van der Waals surface area contributed by atoms with Crippen molar-refractivity contribution < 1.29 is 0 Å². The van der Waals surface area contributed by atoms with Crippen LogP contribution in [0.3, 0.4) is 0 Å². The number of hydrogen-bond donors (Lipinski definition) is 0. The molecule has 11 heavy (non-hydrogen) atoms. The van der Waals surface area contributed by atoms with E-state index in [2.05, 4.69) is 13.8 Å². The van der Waals surface area contributed by atoms with E-state index in [1.54, 1.807) is 25.7 Å². The molecule has 0 aliphatic heterocycles. The van der Waals surface area contributed by atoms with E-state index in [9.17, 15) is 0 Å². The van der Waals surface area contributed by atoms with Crippen LogP contribution < -0.4 is 0 Å². The third-order valence-corrected chi connectivity index (χ3v) is 6.03. The smallest absolute Gasteiger partial charge is 0.0132 e. The maximum Gasteiger partial charge on any atom is -0.0132 e. The summed E-state index contributed by atoms with van der Waals surface area (Å²) in [5, 5.41) is 0. The summed E-state index contributed by atoms with van der Waals surface area (Å²) < 4.78 is 0. The monoisotopic (exact) mass is 148 g/mol. The first-order chi connectivity index (χ1) is 5.12. The lowest BCUT2D eigenvalue weighted by Gasteiger charge is -2.95. The number of hydrogen-bond acceptors (Lipinski definition) is 0. The first-order valence-electron chi connectivity index (χ1n) is 5.12. The van der Waals surface area contributed by atoms with Gasteiger partial charge in [-0.05, 0) is 53.8 Å². The van der Waals surface area contributed by atoms with Gasteiger partial charge in [0.1, 0.15) is 0 Å². The summed E-state index contributed by atoms with van der Waals surface area (Å²) in [7, 11) is 0. The Morgan fingerprint density at radius 2 is 1.55 bits per heavy atom. The molecule has 0 heterocycles. The molecule has 4 aliphatic rings. The lowest BCUT2D eigenvalue weighted by molar-refractivity contribution is -0.469. The van der Waals surface area contributed by atoms with Crippen molar-refractivity contribution in [1.29, 1.82) is 0 Å². The van der Waals surface area contributed by atoms with E-state index in [4.69, 9.17) is 0 Å². The van der Waals surface area contributed by atoms with E-state index in [0.717, 1.165) is 16.2 Å². The summed E-state index contributed by atoms with van der Waals surface area (Å²) in [4.78, 5) is 0. The van der Waals surface area contributed by atoms with E-state index in [-0.39, 0.29) is 0 Å². The second-order valence-corrected chi connectivity index (χ2v) is 6.20. The average molecular weight is 148 g/mol. The quantitative estimate of drug-likeness (QED) is 0.495. The molecule has 0 N–H and O–H groups in total. The van der Waals surface area contributed by atoms with Crippen LogP contribution in [0.25, 0.3) is 0 Å². The Labute approximate surface area is 68.4 Å². The largest absolute Gasteiger partial charge is 0.0590 e. The van der Waals surface area contributed by atoms with Crippen LogP contribution in [0.1, 0.15) is 39.5 Å². The summed E-state index contributed by atoms with van der Waals surface area (Å²) in [5.74, 6) is 2.37. The maximum atomic E-state index is 2.55. The Kier molecular flexibility index (Phi) is 0.527. The van der Waals surface area contributed by atoms with E-state index in [0.29, 0.717) is 0 Å². The molecule has 4 fully saturated rings. The third kappa shape index (κ3) is 0.256. The SMILES string of the molecule is CC12CC3CC4CC(C)(C1)C342. The molecule has 4 saturated carbocycles. The average Bonchev–Trinajstić information content (AvgIpc) is 1.77. The van der Waals surface area contributed by atoms with Crippen LogP contribution in [0.4, 0.5) is 0 Å². The topological polar surface area (TPSA) is 0 Å². The van der Waals surface area contributed by atoms with Gasteiger partial charge in [0, 0.05) is 0 Å². The van der Waals surface area contributed by atoms with Gasteiger partial charge in [0.25, 0.3) is 0 Å². The van der Waals surface area contributed by atoms with Gasteiger partial charge in [0.15, 0.2) is 0 Å². The van der Waals surface area contributed by atoms with Gasteiger partial charge in [-0.2, -0.15) is 0 Å². The standard InChI is InChI=1S/C11H16/c1-9-4-7-3-8-5-10(2,6-9)11(7,8)9/h7-8H,3-6H2,1-2H3. The fraction of sp³-hybridized carbons (Fsp3) is 1.00. The van der Waals surface area contributed by atoms with Gasteiger partial charge >= 0.3 is 0 Å². The minimum absolute atomic E-state index is 0.841. The van der Waals surface area contributed by atoms with Crippen LogP contribution in [-0.2, 0) is 0 Å². The predicted octanol–water partition coefficient (Wildman–Crippen LogP) is 2.83. The Morgan fingerprint density at radius 3 is 1.82 bits per heavy atom. The second-order valence-electron chi connectivity index (χ2n) is 6.20. The van der Waals surface area contributed by atoms with Gasteiger partial charge in [0.2, 0.25) is 0 Å². The van der Waals surface area contributed by atoms with Gasteiger partial charge in [-0.15, -0.1) is 0 Å².